The molecule has 3 aromatic carbocycles. The largest absolute Gasteiger partial charge is 0.373 e. The van der Waals surface area contributed by atoms with E-state index < -0.39 is 0 Å². The molecule has 1 unspecified atom stereocenters. The fraction of sp³-hybridized carbons (Fsp3) is 0.333. The Bertz CT molecular complexity index is 902. The van der Waals surface area contributed by atoms with Gasteiger partial charge in [0.1, 0.15) is 0 Å². The number of benzene rings is 3. The monoisotopic (exact) mass is 360 g/mol. The Balaban J connectivity index is 1.40. The Kier molecular flexibility index (Phi) is 5.42. The van der Waals surface area contributed by atoms with Crippen LogP contribution in [0.25, 0.3) is 10.8 Å². The van der Waals surface area contributed by atoms with Crippen molar-refractivity contribution in [3.05, 3.63) is 77.9 Å². The average Bonchev–Trinajstić information content (AvgIpc) is 2.72. The van der Waals surface area contributed by atoms with E-state index in [0.717, 1.165) is 26.2 Å². The van der Waals surface area contributed by atoms with Gasteiger partial charge in [-0.25, -0.2) is 0 Å². The standard InChI is InChI=1S/C24H28N2O/c1-18-7-5-10-21(15-18)26-13-14-27-22(17-26)16-25-19(2)23-12-6-9-20-8-3-4-11-24(20)23/h3-12,15,19,22,25H,13-14,16-17H2,1-2H3/t19-,22?/m1/s1. The SMILES string of the molecule is Cc1cccc(N2CCOC(CN[C@H](C)c3cccc4ccccc34)C2)c1. The van der Waals surface area contributed by atoms with Crippen LogP contribution in [0, 0.1) is 6.92 Å². The first-order valence-corrected chi connectivity index (χ1v) is 9.85. The van der Waals surface area contributed by atoms with Gasteiger partial charge in [0.2, 0.25) is 0 Å². The zero-order valence-corrected chi connectivity index (χ0v) is 16.2. The molecule has 27 heavy (non-hydrogen) atoms. The van der Waals surface area contributed by atoms with E-state index in [9.17, 15) is 0 Å². The number of morpholine rings is 1. The lowest BCUT2D eigenvalue weighted by atomic mass is 9.99. The predicted molar refractivity (Wildman–Crippen MR) is 113 cm³/mol. The molecular weight excluding hydrogens is 332 g/mol. The summed E-state index contributed by atoms with van der Waals surface area (Å²) in [4.78, 5) is 2.44. The first-order chi connectivity index (χ1) is 13.2. The first-order valence-electron chi connectivity index (χ1n) is 9.85. The van der Waals surface area contributed by atoms with Gasteiger partial charge in [0.25, 0.3) is 0 Å². The molecule has 1 fully saturated rings. The number of ether oxygens (including phenoxy) is 1. The van der Waals surface area contributed by atoms with Crippen LogP contribution in [0.4, 0.5) is 5.69 Å². The van der Waals surface area contributed by atoms with E-state index in [1.807, 2.05) is 0 Å². The van der Waals surface area contributed by atoms with Crippen LogP contribution < -0.4 is 10.2 Å². The Morgan fingerprint density at radius 1 is 1.07 bits per heavy atom. The number of nitrogens with one attached hydrogen (secondary N) is 1. The number of rotatable bonds is 5. The quantitative estimate of drug-likeness (QED) is 0.713. The molecule has 0 spiro atoms. The van der Waals surface area contributed by atoms with E-state index in [1.54, 1.807) is 0 Å². The van der Waals surface area contributed by atoms with E-state index in [-0.39, 0.29) is 12.1 Å². The second kappa shape index (κ2) is 8.12. The number of anilines is 1. The second-order valence-electron chi connectivity index (χ2n) is 7.48. The summed E-state index contributed by atoms with van der Waals surface area (Å²) in [6, 6.07) is 24.2. The second-order valence-corrected chi connectivity index (χ2v) is 7.48. The highest BCUT2D eigenvalue weighted by atomic mass is 16.5. The van der Waals surface area contributed by atoms with Crippen molar-refractivity contribution in [1.29, 1.82) is 0 Å². The molecule has 3 aromatic rings. The third kappa shape index (κ3) is 4.15. The number of hydrogen-bond donors (Lipinski definition) is 1. The summed E-state index contributed by atoms with van der Waals surface area (Å²) in [5.74, 6) is 0. The van der Waals surface area contributed by atoms with Crippen LogP contribution >= 0.6 is 0 Å². The van der Waals surface area contributed by atoms with Gasteiger partial charge in [-0.1, -0.05) is 54.6 Å². The highest BCUT2D eigenvalue weighted by Gasteiger charge is 2.21. The van der Waals surface area contributed by atoms with Crippen LogP contribution in [0.2, 0.25) is 0 Å². The summed E-state index contributed by atoms with van der Waals surface area (Å²) in [6.45, 7) is 7.91. The normalized spacial score (nSPS) is 18.6. The van der Waals surface area contributed by atoms with E-state index in [1.165, 1.54) is 27.6 Å². The van der Waals surface area contributed by atoms with Gasteiger partial charge in [0.15, 0.2) is 0 Å². The van der Waals surface area contributed by atoms with Crippen LogP contribution in [0.15, 0.2) is 66.7 Å². The average molecular weight is 361 g/mol. The predicted octanol–water partition coefficient (Wildman–Crippen LogP) is 4.70. The van der Waals surface area contributed by atoms with Crippen molar-refractivity contribution in [2.45, 2.75) is 26.0 Å². The van der Waals surface area contributed by atoms with Crippen LogP contribution in [0.1, 0.15) is 24.1 Å². The fourth-order valence-electron chi connectivity index (χ4n) is 3.95. The molecule has 140 valence electrons. The van der Waals surface area contributed by atoms with Crippen molar-refractivity contribution in [3.8, 4) is 0 Å². The third-order valence-electron chi connectivity index (χ3n) is 5.45. The third-order valence-corrected chi connectivity index (χ3v) is 5.45. The van der Waals surface area contributed by atoms with Crippen molar-refractivity contribution in [2.24, 2.45) is 0 Å². The van der Waals surface area contributed by atoms with Crippen molar-refractivity contribution < 1.29 is 4.74 Å². The maximum absolute atomic E-state index is 6.03. The van der Waals surface area contributed by atoms with Crippen molar-refractivity contribution in [2.75, 3.05) is 31.1 Å². The summed E-state index contributed by atoms with van der Waals surface area (Å²) >= 11 is 0. The highest BCUT2D eigenvalue weighted by Crippen LogP contribution is 2.24. The summed E-state index contributed by atoms with van der Waals surface area (Å²) in [5, 5.41) is 6.31. The van der Waals surface area contributed by atoms with E-state index in [4.69, 9.17) is 4.74 Å². The van der Waals surface area contributed by atoms with Gasteiger partial charge in [-0.3, -0.25) is 0 Å². The molecule has 3 nitrogen and oxygen atoms in total. The van der Waals surface area contributed by atoms with E-state index in [2.05, 4.69) is 90.8 Å². The molecule has 0 radical (unpaired) electrons. The molecule has 0 amide bonds. The molecule has 4 rings (SSSR count). The van der Waals surface area contributed by atoms with E-state index in [0.29, 0.717) is 0 Å². The Morgan fingerprint density at radius 3 is 2.78 bits per heavy atom. The summed E-state index contributed by atoms with van der Waals surface area (Å²) < 4.78 is 6.03. The molecule has 3 heteroatoms. The maximum atomic E-state index is 6.03. The number of aryl methyl sites for hydroxylation is 1. The zero-order chi connectivity index (χ0) is 18.6. The van der Waals surface area contributed by atoms with Gasteiger partial charge in [-0.15, -0.1) is 0 Å². The molecule has 1 saturated heterocycles. The lowest BCUT2D eigenvalue weighted by molar-refractivity contribution is 0.0395. The highest BCUT2D eigenvalue weighted by molar-refractivity contribution is 5.86. The number of hydrogen-bond acceptors (Lipinski definition) is 3. The van der Waals surface area contributed by atoms with Gasteiger partial charge >= 0.3 is 0 Å². The first kappa shape index (κ1) is 18.0. The summed E-state index contributed by atoms with van der Waals surface area (Å²) in [6.07, 6.45) is 0.205. The topological polar surface area (TPSA) is 24.5 Å². The zero-order valence-electron chi connectivity index (χ0n) is 16.2. The minimum absolute atomic E-state index is 0.205. The van der Waals surface area contributed by atoms with Gasteiger partial charge in [-0.2, -0.15) is 0 Å². The lowest BCUT2D eigenvalue weighted by Crippen LogP contribution is -2.47. The van der Waals surface area contributed by atoms with E-state index >= 15 is 0 Å². The maximum Gasteiger partial charge on any atom is 0.0875 e. The molecule has 0 aliphatic carbocycles. The Hall–Kier alpha value is -2.36. The van der Waals surface area contributed by atoms with Crippen molar-refractivity contribution in [3.63, 3.8) is 0 Å². The number of fused-ring (bicyclic) bond motifs is 1. The Morgan fingerprint density at radius 2 is 1.89 bits per heavy atom. The smallest absolute Gasteiger partial charge is 0.0875 e. The molecule has 1 aliphatic rings. The summed E-state index contributed by atoms with van der Waals surface area (Å²) in [5.41, 5.74) is 3.95. The van der Waals surface area contributed by atoms with Gasteiger partial charge in [-0.05, 0) is 47.9 Å². The fourth-order valence-corrected chi connectivity index (χ4v) is 3.95. The van der Waals surface area contributed by atoms with Gasteiger partial charge in [0.05, 0.1) is 12.7 Å². The molecule has 1 aliphatic heterocycles. The van der Waals surface area contributed by atoms with Crippen LogP contribution in [0.3, 0.4) is 0 Å². The van der Waals surface area contributed by atoms with Crippen LogP contribution in [0.5, 0.6) is 0 Å². The Labute approximate surface area is 162 Å². The molecule has 1 heterocycles. The summed E-state index contributed by atoms with van der Waals surface area (Å²) in [7, 11) is 0. The number of nitrogens with zero attached hydrogens (tertiary/aromatic N) is 1. The van der Waals surface area contributed by atoms with Crippen molar-refractivity contribution >= 4 is 16.5 Å². The molecule has 0 bridgehead atoms. The van der Waals surface area contributed by atoms with Crippen LogP contribution in [-0.4, -0.2) is 32.3 Å². The molecule has 2 atom stereocenters. The lowest BCUT2D eigenvalue weighted by Gasteiger charge is -2.35. The molecule has 0 saturated carbocycles. The van der Waals surface area contributed by atoms with Crippen LogP contribution in [-0.2, 0) is 4.74 Å². The molecule has 1 N–H and O–H groups in total. The molecule has 0 aromatic heterocycles. The minimum atomic E-state index is 0.205. The molecular formula is C24H28N2O. The van der Waals surface area contributed by atoms with Gasteiger partial charge < -0.3 is 15.0 Å². The van der Waals surface area contributed by atoms with Crippen molar-refractivity contribution in [1.82, 2.24) is 5.32 Å². The van der Waals surface area contributed by atoms with Gasteiger partial charge in [0, 0.05) is 31.4 Å². The minimum Gasteiger partial charge on any atom is -0.373 e.